The molecule has 1 aromatic carbocycles. The van der Waals surface area contributed by atoms with E-state index in [9.17, 15) is 14.0 Å². The maximum Gasteiger partial charge on any atom is 0.261 e. The normalized spacial score (nSPS) is 12.1. The van der Waals surface area contributed by atoms with Crippen LogP contribution in [-0.2, 0) is 0 Å². The number of aromatic amines is 1. The minimum absolute atomic E-state index is 0.0482. The zero-order valence-corrected chi connectivity index (χ0v) is 15.8. The molecule has 2 heterocycles. The van der Waals surface area contributed by atoms with Crippen molar-refractivity contribution in [2.75, 3.05) is 20.6 Å². The maximum absolute atomic E-state index is 13.5. The summed E-state index contributed by atoms with van der Waals surface area (Å²) in [6, 6.07) is 13.1. The standard InChI is InChI=1S/C20H20FN3O2S/c1-24(2)17(13-5-3-6-14(21)11-13)12-22-19(25)15-8-9-16(23-20(15)26)18-7-4-10-27-18/h3-11,17H,12H2,1-2H3,(H,22,25)(H,23,26). The summed E-state index contributed by atoms with van der Waals surface area (Å²) in [6.45, 7) is 0.251. The third kappa shape index (κ3) is 4.50. The Morgan fingerprint density at radius 1 is 1.22 bits per heavy atom. The summed E-state index contributed by atoms with van der Waals surface area (Å²) in [7, 11) is 3.70. The number of aromatic nitrogens is 1. The Bertz CT molecular complexity index is 983. The molecule has 3 rings (SSSR count). The molecule has 0 spiro atoms. The first-order valence-corrected chi connectivity index (χ1v) is 9.31. The molecule has 1 atom stereocenters. The van der Waals surface area contributed by atoms with Crippen molar-refractivity contribution in [3.05, 3.63) is 81.2 Å². The fourth-order valence-corrected chi connectivity index (χ4v) is 3.53. The van der Waals surface area contributed by atoms with Crippen LogP contribution in [0.25, 0.3) is 10.6 Å². The lowest BCUT2D eigenvalue weighted by molar-refractivity contribution is 0.0940. The lowest BCUT2D eigenvalue weighted by Gasteiger charge is -2.25. The van der Waals surface area contributed by atoms with E-state index < -0.39 is 11.5 Å². The van der Waals surface area contributed by atoms with Crippen molar-refractivity contribution in [2.45, 2.75) is 6.04 Å². The molecule has 0 saturated carbocycles. The van der Waals surface area contributed by atoms with Gasteiger partial charge in [-0.05, 0) is 55.4 Å². The summed E-state index contributed by atoms with van der Waals surface area (Å²) in [5.74, 6) is -0.788. The van der Waals surface area contributed by atoms with E-state index in [1.54, 1.807) is 12.1 Å². The highest BCUT2D eigenvalue weighted by Crippen LogP contribution is 2.21. The molecule has 5 nitrogen and oxygen atoms in total. The molecule has 1 amide bonds. The van der Waals surface area contributed by atoms with Gasteiger partial charge in [-0.15, -0.1) is 11.3 Å². The SMILES string of the molecule is CN(C)C(CNC(=O)c1ccc(-c2cccs2)[nH]c1=O)c1cccc(F)c1. The lowest BCUT2D eigenvalue weighted by atomic mass is 10.1. The predicted octanol–water partition coefficient (Wildman–Crippen LogP) is 3.28. The van der Waals surface area contributed by atoms with E-state index in [0.29, 0.717) is 5.69 Å². The van der Waals surface area contributed by atoms with Gasteiger partial charge in [0.1, 0.15) is 11.4 Å². The highest BCUT2D eigenvalue weighted by atomic mass is 32.1. The Labute approximate surface area is 160 Å². The zero-order valence-electron chi connectivity index (χ0n) is 15.0. The van der Waals surface area contributed by atoms with Crippen LogP contribution in [0, 0.1) is 5.82 Å². The van der Waals surface area contributed by atoms with E-state index in [2.05, 4.69) is 10.3 Å². The Morgan fingerprint density at radius 3 is 2.67 bits per heavy atom. The van der Waals surface area contributed by atoms with Gasteiger partial charge in [0.15, 0.2) is 0 Å². The Morgan fingerprint density at radius 2 is 2.04 bits per heavy atom. The van der Waals surface area contributed by atoms with Crippen LogP contribution >= 0.6 is 11.3 Å². The van der Waals surface area contributed by atoms with Crippen LogP contribution in [-0.4, -0.2) is 36.4 Å². The molecule has 0 aliphatic carbocycles. The number of hydrogen-bond donors (Lipinski definition) is 2. The largest absolute Gasteiger partial charge is 0.350 e. The number of nitrogens with one attached hydrogen (secondary N) is 2. The van der Waals surface area contributed by atoms with Gasteiger partial charge in [-0.1, -0.05) is 18.2 Å². The highest BCUT2D eigenvalue weighted by molar-refractivity contribution is 7.13. The third-order valence-electron chi connectivity index (χ3n) is 4.25. The summed E-state index contributed by atoms with van der Waals surface area (Å²) in [5.41, 5.74) is 1.04. The van der Waals surface area contributed by atoms with E-state index in [0.717, 1.165) is 10.4 Å². The van der Waals surface area contributed by atoms with Crippen LogP contribution in [0.15, 0.2) is 58.7 Å². The van der Waals surface area contributed by atoms with Gasteiger partial charge in [-0.3, -0.25) is 9.59 Å². The van der Waals surface area contributed by atoms with Gasteiger partial charge in [0, 0.05) is 6.54 Å². The molecule has 2 aromatic heterocycles. The Balaban J connectivity index is 1.73. The Kier molecular flexibility index (Phi) is 5.83. The fraction of sp³-hybridized carbons (Fsp3) is 0.200. The molecule has 3 aromatic rings. The smallest absolute Gasteiger partial charge is 0.261 e. The van der Waals surface area contributed by atoms with Crippen LogP contribution < -0.4 is 10.9 Å². The van der Waals surface area contributed by atoms with Crippen LogP contribution in [0.5, 0.6) is 0 Å². The molecule has 0 saturated heterocycles. The second-order valence-corrected chi connectivity index (χ2v) is 7.28. The summed E-state index contributed by atoms with van der Waals surface area (Å²) in [5, 5.41) is 4.69. The van der Waals surface area contributed by atoms with Crippen molar-refractivity contribution in [1.29, 1.82) is 0 Å². The fourth-order valence-electron chi connectivity index (χ4n) is 2.83. The number of nitrogens with zero attached hydrogens (tertiary/aromatic N) is 1. The number of H-pyrrole nitrogens is 1. The van der Waals surface area contributed by atoms with Crippen LogP contribution in [0.4, 0.5) is 4.39 Å². The quantitative estimate of drug-likeness (QED) is 0.684. The maximum atomic E-state index is 13.5. The average molecular weight is 385 g/mol. The summed E-state index contributed by atoms with van der Waals surface area (Å²) >= 11 is 1.51. The second-order valence-electron chi connectivity index (χ2n) is 6.34. The Hall–Kier alpha value is -2.77. The van der Waals surface area contributed by atoms with Crippen molar-refractivity contribution >= 4 is 17.2 Å². The topological polar surface area (TPSA) is 65.2 Å². The van der Waals surface area contributed by atoms with Gasteiger partial charge >= 0.3 is 0 Å². The molecule has 140 valence electrons. The van der Waals surface area contributed by atoms with Crippen molar-refractivity contribution in [3.63, 3.8) is 0 Å². The minimum Gasteiger partial charge on any atom is -0.350 e. The van der Waals surface area contributed by atoms with Gasteiger partial charge in [0.2, 0.25) is 0 Å². The van der Waals surface area contributed by atoms with Crippen LogP contribution in [0.2, 0.25) is 0 Å². The number of carbonyl (C=O) groups excluding carboxylic acids is 1. The average Bonchev–Trinajstić information content (AvgIpc) is 3.16. The minimum atomic E-state index is -0.461. The van der Waals surface area contributed by atoms with E-state index in [-0.39, 0.29) is 24.0 Å². The molecule has 1 unspecified atom stereocenters. The second kappa shape index (κ2) is 8.28. The van der Waals surface area contributed by atoms with E-state index in [1.165, 1.54) is 29.5 Å². The number of amides is 1. The van der Waals surface area contributed by atoms with E-state index >= 15 is 0 Å². The zero-order chi connectivity index (χ0) is 19.4. The number of benzene rings is 1. The number of hydrogen-bond acceptors (Lipinski definition) is 4. The van der Waals surface area contributed by atoms with Gasteiger partial charge in [0.25, 0.3) is 11.5 Å². The molecule has 27 heavy (non-hydrogen) atoms. The molecule has 7 heteroatoms. The monoisotopic (exact) mass is 385 g/mol. The van der Waals surface area contributed by atoms with Gasteiger partial charge < -0.3 is 15.2 Å². The first-order valence-electron chi connectivity index (χ1n) is 8.43. The van der Waals surface area contributed by atoms with E-state index in [1.807, 2.05) is 42.6 Å². The molecule has 0 bridgehead atoms. The van der Waals surface area contributed by atoms with Crippen molar-refractivity contribution in [3.8, 4) is 10.6 Å². The van der Waals surface area contributed by atoms with Crippen molar-refractivity contribution in [2.24, 2.45) is 0 Å². The summed E-state index contributed by atoms with van der Waals surface area (Å²) in [4.78, 5) is 30.3. The molecule has 0 fully saturated rings. The highest BCUT2D eigenvalue weighted by Gasteiger charge is 2.18. The van der Waals surface area contributed by atoms with Crippen LogP contribution in [0.3, 0.4) is 0 Å². The van der Waals surface area contributed by atoms with Gasteiger partial charge in [0.05, 0.1) is 16.6 Å². The third-order valence-corrected chi connectivity index (χ3v) is 5.16. The summed E-state index contributed by atoms with van der Waals surface area (Å²) < 4.78 is 13.5. The first kappa shape index (κ1) is 19.0. The lowest BCUT2D eigenvalue weighted by Crippen LogP contribution is -2.36. The molecular weight excluding hydrogens is 365 g/mol. The number of likely N-dealkylation sites (N-methyl/N-ethyl adjacent to an activating group) is 1. The van der Waals surface area contributed by atoms with Gasteiger partial charge in [-0.25, -0.2) is 4.39 Å². The number of rotatable bonds is 6. The van der Waals surface area contributed by atoms with E-state index in [4.69, 9.17) is 0 Å². The van der Waals surface area contributed by atoms with Gasteiger partial charge in [-0.2, -0.15) is 0 Å². The first-order chi connectivity index (χ1) is 13.0. The molecule has 0 aliphatic heterocycles. The molecular formula is C20H20FN3O2S. The molecule has 0 aliphatic rings. The van der Waals surface area contributed by atoms with Crippen molar-refractivity contribution < 1.29 is 9.18 Å². The molecule has 0 radical (unpaired) electrons. The predicted molar refractivity (Wildman–Crippen MR) is 106 cm³/mol. The molecule has 2 N–H and O–H groups in total. The number of halogens is 1. The summed E-state index contributed by atoms with van der Waals surface area (Å²) in [6.07, 6.45) is 0. The number of pyridine rings is 1. The van der Waals surface area contributed by atoms with Crippen LogP contribution in [0.1, 0.15) is 22.0 Å². The number of thiophene rings is 1. The number of carbonyl (C=O) groups is 1. The van der Waals surface area contributed by atoms with Crippen molar-refractivity contribution in [1.82, 2.24) is 15.2 Å².